The Bertz CT molecular complexity index is 566. The summed E-state index contributed by atoms with van der Waals surface area (Å²) < 4.78 is 10.6. The van der Waals surface area contributed by atoms with Gasteiger partial charge in [-0.1, -0.05) is 26.2 Å². The molecule has 0 saturated carbocycles. The molecule has 0 aliphatic carbocycles. The number of carbonyl (C=O) groups is 1. The summed E-state index contributed by atoms with van der Waals surface area (Å²) in [6.45, 7) is 4.44. The number of halogens is 1. The second kappa shape index (κ2) is 11.5. The van der Waals surface area contributed by atoms with E-state index in [4.69, 9.17) is 21.1 Å². The first-order valence-electron chi connectivity index (χ1n) is 9.92. The summed E-state index contributed by atoms with van der Waals surface area (Å²) in [5.41, 5.74) is 0.500. The number of aliphatic hydroxyl groups excluding tert-OH is 1. The lowest BCUT2D eigenvalue weighted by Gasteiger charge is -2.27. The Morgan fingerprint density at radius 3 is 2.70 bits per heavy atom. The molecule has 6 heteroatoms. The third kappa shape index (κ3) is 6.98. The Labute approximate surface area is 167 Å². The summed E-state index contributed by atoms with van der Waals surface area (Å²) in [5, 5.41) is 10.2. The first kappa shape index (κ1) is 22.0. The van der Waals surface area contributed by atoms with E-state index in [1.807, 2.05) is 0 Å². The van der Waals surface area contributed by atoms with E-state index in [-0.39, 0.29) is 23.5 Å². The summed E-state index contributed by atoms with van der Waals surface area (Å²) in [5.74, 6) is 0.347. The molecule has 0 bridgehead atoms. The number of unbranched alkanes of at least 4 members (excludes halogenated alkanes) is 2. The highest BCUT2D eigenvalue weighted by Gasteiger charge is 2.33. The van der Waals surface area contributed by atoms with E-state index in [0.29, 0.717) is 17.9 Å². The minimum atomic E-state index is -0.359. The zero-order valence-corrected chi connectivity index (χ0v) is 17.2. The molecule has 5 nitrogen and oxygen atoms in total. The number of carbonyl (C=O) groups excluding carboxylic acids is 1. The first-order chi connectivity index (χ1) is 13.0. The molecule has 0 radical (unpaired) electrons. The standard InChI is InChI=1S/C21H32ClNO4/c1-3-4-5-6-17(24)11-13-23-14-12-19(22)20(23)15-27-18-9-7-16(8-10-18)21(25)26-2/h7-10,17,19-20,24H,3-6,11-15H2,1-2H3. The molecule has 1 aliphatic heterocycles. The van der Waals surface area contributed by atoms with Gasteiger partial charge in [0.2, 0.25) is 0 Å². The van der Waals surface area contributed by atoms with Crippen LogP contribution >= 0.6 is 11.6 Å². The van der Waals surface area contributed by atoms with Crippen LogP contribution in [0.5, 0.6) is 5.75 Å². The maximum atomic E-state index is 11.5. The average Bonchev–Trinajstić information content (AvgIpc) is 3.04. The van der Waals surface area contributed by atoms with Crippen molar-refractivity contribution in [3.05, 3.63) is 29.8 Å². The molecule has 1 N–H and O–H groups in total. The van der Waals surface area contributed by atoms with Crippen LogP contribution in [0.2, 0.25) is 0 Å². The van der Waals surface area contributed by atoms with Gasteiger partial charge in [0.05, 0.1) is 30.2 Å². The average molecular weight is 398 g/mol. The van der Waals surface area contributed by atoms with Crippen LogP contribution in [-0.2, 0) is 4.74 Å². The minimum absolute atomic E-state index is 0.0524. The number of alkyl halides is 1. The van der Waals surface area contributed by atoms with Gasteiger partial charge in [-0.2, -0.15) is 0 Å². The Morgan fingerprint density at radius 2 is 2.04 bits per heavy atom. The molecule has 27 heavy (non-hydrogen) atoms. The Hall–Kier alpha value is -1.30. The minimum Gasteiger partial charge on any atom is -0.492 e. The van der Waals surface area contributed by atoms with Crippen LogP contribution in [0.3, 0.4) is 0 Å². The summed E-state index contributed by atoms with van der Waals surface area (Å²) in [6.07, 6.45) is 5.78. The van der Waals surface area contributed by atoms with Crippen molar-refractivity contribution in [1.29, 1.82) is 0 Å². The van der Waals surface area contributed by atoms with Gasteiger partial charge in [0.25, 0.3) is 0 Å². The zero-order valence-electron chi connectivity index (χ0n) is 16.4. The van der Waals surface area contributed by atoms with Crippen LogP contribution in [0.25, 0.3) is 0 Å². The number of esters is 1. The van der Waals surface area contributed by atoms with E-state index >= 15 is 0 Å². The molecule has 0 aromatic heterocycles. The molecule has 3 atom stereocenters. The van der Waals surface area contributed by atoms with Crippen molar-refractivity contribution >= 4 is 17.6 Å². The lowest BCUT2D eigenvalue weighted by Crippen LogP contribution is -2.39. The normalized spacial score (nSPS) is 21.2. The third-order valence-corrected chi connectivity index (χ3v) is 5.67. The lowest BCUT2D eigenvalue weighted by molar-refractivity contribution is 0.0600. The number of methoxy groups -OCH3 is 1. The topological polar surface area (TPSA) is 59.0 Å². The molecule has 2 rings (SSSR count). The van der Waals surface area contributed by atoms with E-state index < -0.39 is 0 Å². The van der Waals surface area contributed by atoms with Crippen LogP contribution in [0.15, 0.2) is 24.3 Å². The molecular formula is C21H32ClNO4. The van der Waals surface area contributed by atoms with Crippen molar-refractivity contribution in [2.75, 3.05) is 26.8 Å². The van der Waals surface area contributed by atoms with Crippen molar-refractivity contribution < 1.29 is 19.4 Å². The molecule has 1 saturated heterocycles. The van der Waals surface area contributed by atoms with Crippen molar-refractivity contribution in [3.63, 3.8) is 0 Å². The van der Waals surface area contributed by atoms with Gasteiger partial charge in [0, 0.05) is 13.1 Å². The van der Waals surface area contributed by atoms with Gasteiger partial charge in [-0.25, -0.2) is 4.79 Å². The third-order valence-electron chi connectivity index (χ3n) is 5.17. The fourth-order valence-electron chi connectivity index (χ4n) is 3.44. The fourth-order valence-corrected chi connectivity index (χ4v) is 3.77. The summed E-state index contributed by atoms with van der Waals surface area (Å²) in [4.78, 5) is 13.8. The molecule has 1 fully saturated rings. The van der Waals surface area contributed by atoms with E-state index in [1.54, 1.807) is 24.3 Å². The first-order valence-corrected chi connectivity index (χ1v) is 10.4. The highest BCUT2D eigenvalue weighted by molar-refractivity contribution is 6.21. The van der Waals surface area contributed by atoms with Crippen LogP contribution in [0.1, 0.15) is 55.8 Å². The number of likely N-dealkylation sites (tertiary alicyclic amines) is 1. The molecule has 0 spiro atoms. The molecular weight excluding hydrogens is 366 g/mol. The molecule has 152 valence electrons. The van der Waals surface area contributed by atoms with Crippen molar-refractivity contribution in [2.24, 2.45) is 0 Å². The smallest absolute Gasteiger partial charge is 0.337 e. The molecule has 0 amide bonds. The van der Waals surface area contributed by atoms with Crippen LogP contribution < -0.4 is 4.74 Å². The zero-order chi connectivity index (χ0) is 19.6. The Balaban J connectivity index is 1.80. The van der Waals surface area contributed by atoms with E-state index in [1.165, 1.54) is 20.0 Å². The van der Waals surface area contributed by atoms with E-state index in [9.17, 15) is 9.90 Å². The lowest BCUT2D eigenvalue weighted by atomic mass is 10.1. The molecule has 1 aliphatic rings. The largest absolute Gasteiger partial charge is 0.492 e. The Morgan fingerprint density at radius 1 is 1.30 bits per heavy atom. The Kier molecular flexibility index (Phi) is 9.39. The highest BCUT2D eigenvalue weighted by atomic mass is 35.5. The predicted molar refractivity (Wildman–Crippen MR) is 108 cm³/mol. The number of hydrogen-bond acceptors (Lipinski definition) is 5. The fraction of sp³-hybridized carbons (Fsp3) is 0.667. The van der Waals surface area contributed by atoms with Crippen molar-refractivity contribution in [1.82, 2.24) is 4.90 Å². The SMILES string of the molecule is CCCCCC(O)CCN1CCC(Cl)C1COc1ccc(C(=O)OC)cc1. The maximum Gasteiger partial charge on any atom is 0.337 e. The van der Waals surface area contributed by atoms with Gasteiger partial charge >= 0.3 is 5.97 Å². The van der Waals surface area contributed by atoms with Crippen molar-refractivity contribution in [2.45, 2.75) is 63.0 Å². The number of benzene rings is 1. The quantitative estimate of drug-likeness (QED) is 0.349. The molecule has 3 unspecified atom stereocenters. The van der Waals surface area contributed by atoms with Gasteiger partial charge in [-0.05, 0) is 43.5 Å². The molecule has 1 aromatic rings. The van der Waals surface area contributed by atoms with Gasteiger partial charge in [0.1, 0.15) is 12.4 Å². The number of nitrogens with zero attached hydrogens (tertiary/aromatic N) is 1. The second-order valence-electron chi connectivity index (χ2n) is 7.17. The second-order valence-corrected chi connectivity index (χ2v) is 7.73. The van der Waals surface area contributed by atoms with Gasteiger partial charge in [-0.15, -0.1) is 11.6 Å². The van der Waals surface area contributed by atoms with Gasteiger partial charge in [0.15, 0.2) is 0 Å². The summed E-state index contributed by atoms with van der Waals surface area (Å²) in [7, 11) is 1.36. The number of hydrogen-bond donors (Lipinski definition) is 1. The molecule has 1 heterocycles. The van der Waals surface area contributed by atoms with Crippen LogP contribution in [0.4, 0.5) is 0 Å². The summed E-state index contributed by atoms with van der Waals surface area (Å²) >= 11 is 6.50. The van der Waals surface area contributed by atoms with E-state index in [0.717, 1.165) is 38.8 Å². The maximum absolute atomic E-state index is 11.5. The summed E-state index contributed by atoms with van der Waals surface area (Å²) in [6, 6.07) is 7.06. The van der Waals surface area contributed by atoms with Gasteiger partial charge < -0.3 is 14.6 Å². The molecule has 1 aromatic carbocycles. The van der Waals surface area contributed by atoms with Crippen LogP contribution in [-0.4, -0.2) is 60.3 Å². The number of ether oxygens (including phenoxy) is 2. The van der Waals surface area contributed by atoms with Gasteiger partial charge in [-0.3, -0.25) is 4.90 Å². The van der Waals surface area contributed by atoms with Crippen molar-refractivity contribution in [3.8, 4) is 5.75 Å². The van der Waals surface area contributed by atoms with Crippen LogP contribution in [0, 0.1) is 0 Å². The number of aliphatic hydroxyl groups is 1. The number of rotatable bonds is 11. The highest BCUT2D eigenvalue weighted by Crippen LogP contribution is 2.25. The monoisotopic (exact) mass is 397 g/mol. The van der Waals surface area contributed by atoms with E-state index in [2.05, 4.69) is 11.8 Å². The predicted octanol–water partition coefficient (Wildman–Crippen LogP) is 3.87.